The number of halogens is 8. The molecule has 0 aromatic heterocycles. The molecule has 2 aliphatic rings. The molecule has 1 saturated carbocycles. The van der Waals surface area contributed by atoms with E-state index in [-0.39, 0.29) is 41.4 Å². The molecule has 2 fully saturated rings. The topological polar surface area (TPSA) is 72.5 Å². The summed E-state index contributed by atoms with van der Waals surface area (Å²) in [7, 11) is -4.44. The first kappa shape index (κ1) is 30.2. The number of hydrogen-bond donors (Lipinski definition) is 1. The molecule has 0 atom stereocenters. The van der Waals surface area contributed by atoms with Gasteiger partial charge in [-0.1, -0.05) is 24.3 Å². The SMILES string of the molecule is O=C(NCC1CCOCC1)C1CC(c2ccc(C(F)(C(F)(F)F)C(F)(F)F)cc2)(S(=O)(=O)c2ccc(F)cc2)C1. The van der Waals surface area contributed by atoms with Crippen molar-refractivity contribution in [3.63, 3.8) is 0 Å². The molecule has 2 aromatic rings. The Kier molecular flexibility index (Phi) is 8.00. The Labute approximate surface area is 224 Å². The fourth-order valence-electron chi connectivity index (χ4n) is 5.20. The van der Waals surface area contributed by atoms with Gasteiger partial charge in [0.05, 0.1) is 4.90 Å². The number of alkyl halides is 7. The van der Waals surface area contributed by atoms with E-state index < -0.39 is 55.8 Å². The summed E-state index contributed by atoms with van der Waals surface area (Å²) >= 11 is 0. The molecule has 0 unspecified atom stereocenters. The van der Waals surface area contributed by atoms with Crippen LogP contribution in [0, 0.1) is 17.7 Å². The van der Waals surface area contributed by atoms with Gasteiger partial charge in [-0.15, -0.1) is 0 Å². The van der Waals surface area contributed by atoms with Crippen molar-refractivity contribution in [2.24, 2.45) is 11.8 Å². The summed E-state index contributed by atoms with van der Waals surface area (Å²) in [6.45, 7) is 1.42. The quantitative estimate of drug-likeness (QED) is 0.326. The summed E-state index contributed by atoms with van der Waals surface area (Å²) in [6, 6.07) is 5.58. The molecule has 1 aliphatic heterocycles. The molecule has 4 rings (SSSR count). The number of rotatable bonds is 7. The highest BCUT2D eigenvalue weighted by molar-refractivity contribution is 7.92. The van der Waals surface area contributed by atoms with Gasteiger partial charge in [-0.05, 0) is 61.4 Å². The Morgan fingerprint density at radius 1 is 0.875 bits per heavy atom. The van der Waals surface area contributed by atoms with E-state index >= 15 is 0 Å². The molecular formula is C26H25F8NO4S. The molecule has 0 bridgehead atoms. The Bertz CT molecular complexity index is 1300. The predicted octanol–water partition coefficient (Wildman–Crippen LogP) is 5.74. The maximum atomic E-state index is 14.5. The molecule has 2 aromatic carbocycles. The second kappa shape index (κ2) is 10.6. The number of amides is 1. The number of nitrogens with one attached hydrogen (secondary N) is 1. The zero-order valence-corrected chi connectivity index (χ0v) is 21.6. The fraction of sp³-hybridized carbons (Fsp3) is 0.500. The van der Waals surface area contributed by atoms with E-state index in [9.17, 15) is 48.3 Å². The van der Waals surface area contributed by atoms with Crippen LogP contribution in [-0.4, -0.2) is 46.4 Å². The highest BCUT2D eigenvalue weighted by Crippen LogP contribution is 2.56. The van der Waals surface area contributed by atoms with Crippen LogP contribution in [0.15, 0.2) is 53.4 Å². The average Bonchev–Trinajstić information content (AvgIpc) is 2.86. The monoisotopic (exact) mass is 599 g/mol. The second-order valence-electron chi connectivity index (χ2n) is 10.1. The third-order valence-corrected chi connectivity index (χ3v) is 10.1. The minimum absolute atomic E-state index is 0.168. The normalized spacial score (nSPS) is 22.9. The molecule has 1 aliphatic carbocycles. The largest absolute Gasteiger partial charge is 0.435 e. The zero-order chi connectivity index (χ0) is 29.6. The van der Waals surface area contributed by atoms with E-state index in [0.29, 0.717) is 31.9 Å². The van der Waals surface area contributed by atoms with Crippen LogP contribution in [0.25, 0.3) is 0 Å². The van der Waals surface area contributed by atoms with Crippen molar-refractivity contribution < 1.29 is 53.1 Å². The highest BCUT2D eigenvalue weighted by Gasteiger charge is 2.73. The number of hydrogen-bond acceptors (Lipinski definition) is 4. The van der Waals surface area contributed by atoms with Gasteiger partial charge in [-0.25, -0.2) is 17.2 Å². The summed E-state index contributed by atoms with van der Waals surface area (Å²) in [5.41, 5.74) is -7.68. The highest BCUT2D eigenvalue weighted by atomic mass is 32.2. The molecule has 0 radical (unpaired) electrons. The summed E-state index contributed by atoms with van der Waals surface area (Å²) < 4.78 is 138. The predicted molar refractivity (Wildman–Crippen MR) is 126 cm³/mol. The lowest BCUT2D eigenvalue weighted by molar-refractivity contribution is -0.348. The molecule has 14 heteroatoms. The fourth-order valence-corrected chi connectivity index (χ4v) is 7.44. The van der Waals surface area contributed by atoms with E-state index in [1.54, 1.807) is 0 Å². The van der Waals surface area contributed by atoms with Crippen LogP contribution in [0.1, 0.15) is 36.8 Å². The lowest BCUT2D eigenvalue weighted by Crippen LogP contribution is -2.53. The van der Waals surface area contributed by atoms with E-state index in [1.807, 2.05) is 0 Å². The van der Waals surface area contributed by atoms with Crippen LogP contribution >= 0.6 is 0 Å². The number of benzene rings is 2. The summed E-state index contributed by atoms with van der Waals surface area (Å²) in [5.74, 6) is -1.86. The van der Waals surface area contributed by atoms with Gasteiger partial charge in [-0.2, -0.15) is 26.3 Å². The molecule has 220 valence electrons. The third-order valence-electron chi connectivity index (χ3n) is 7.66. The van der Waals surface area contributed by atoms with Crippen LogP contribution < -0.4 is 5.32 Å². The van der Waals surface area contributed by atoms with Crippen molar-refractivity contribution in [2.45, 2.75) is 53.3 Å². The van der Waals surface area contributed by atoms with Gasteiger partial charge >= 0.3 is 18.0 Å². The Morgan fingerprint density at radius 3 is 1.90 bits per heavy atom. The Hall–Kier alpha value is -2.74. The molecule has 0 spiro atoms. The molecule has 5 nitrogen and oxygen atoms in total. The van der Waals surface area contributed by atoms with Gasteiger partial charge in [-0.3, -0.25) is 4.79 Å². The van der Waals surface area contributed by atoms with Crippen molar-refractivity contribution in [1.82, 2.24) is 5.32 Å². The van der Waals surface area contributed by atoms with Crippen LogP contribution in [0.2, 0.25) is 0 Å². The van der Waals surface area contributed by atoms with Gasteiger partial charge in [0.2, 0.25) is 5.91 Å². The van der Waals surface area contributed by atoms with Gasteiger partial charge in [0.25, 0.3) is 0 Å². The zero-order valence-electron chi connectivity index (χ0n) is 20.8. The molecular weight excluding hydrogens is 574 g/mol. The molecule has 1 N–H and O–H groups in total. The van der Waals surface area contributed by atoms with E-state index in [1.165, 1.54) is 0 Å². The average molecular weight is 600 g/mol. The molecule has 40 heavy (non-hydrogen) atoms. The number of ether oxygens (including phenoxy) is 1. The second-order valence-corrected chi connectivity index (χ2v) is 12.3. The van der Waals surface area contributed by atoms with E-state index in [2.05, 4.69) is 5.32 Å². The Morgan fingerprint density at radius 2 is 1.40 bits per heavy atom. The van der Waals surface area contributed by atoms with Gasteiger partial charge in [0.1, 0.15) is 10.6 Å². The van der Waals surface area contributed by atoms with Crippen LogP contribution in [-0.2, 0) is 29.8 Å². The standard InChI is InChI=1S/C26H25F8NO4S/c27-20-5-7-21(8-6-20)40(37,38)23(13-17(14-23)22(36)35-15-16-9-11-39-12-10-16)18-1-3-19(4-2-18)24(28,25(29,30)31)26(32,33)34/h1-8,16-17H,9-15H2,(H,35,36). The minimum atomic E-state index is -6.34. The smallest absolute Gasteiger partial charge is 0.381 e. The van der Waals surface area contributed by atoms with Crippen molar-refractivity contribution in [3.8, 4) is 0 Å². The van der Waals surface area contributed by atoms with Gasteiger partial charge in [0.15, 0.2) is 9.84 Å². The van der Waals surface area contributed by atoms with Crippen molar-refractivity contribution in [2.75, 3.05) is 19.8 Å². The van der Waals surface area contributed by atoms with Crippen molar-refractivity contribution in [3.05, 3.63) is 65.5 Å². The van der Waals surface area contributed by atoms with Crippen LogP contribution in [0.4, 0.5) is 35.1 Å². The van der Waals surface area contributed by atoms with Gasteiger partial charge < -0.3 is 10.1 Å². The maximum Gasteiger partial charge on any atom is 0.435 e. The molecule has 1 heterocycles. The minimum Gasteiger partial charge on any atom is -0.381 e. The summed E-state index contributed by atoms with van der Waals surface area (Å²) in [6.07, 6.45) is -11.9. The number of carbonyl (C=O) groups is 1. The maximum absolute atomic E-state index is 14.5. The van der Waals surface area contributed by atoms with Crippen LogP contribution in [0.3, 0.4) is 0 Å². The lowest BCUT2D eigenvalue weighted by atomic mass is 9.69. The van der Waals surface area contributed by atoms with Crippen molar-refractivity contribution in [1.29, 1.82) is 0 Å². The number of sulfone groups is 1. The van der Waals surface area contributed by atoms with Gasteiger partial charge in [0, 0.05) is 31.2 Å². The summed E-state index contributed by atoms with van der Waals surface area (Å²) in [4.78, 5) is 12.5. The first-order valence-electron chi connectivity index (χ1n) is 12.3. The number of carbonyl (C=O) groups excluding carboxylic acids is 1. The Balaban J connectivity index is 1.66. The molecule has 1 amide bonds. The first-order chi connectivity index (χ1) is 18.5. The third kappa shape index (κ3) is 5.19. The van der Waals surface area contributed by atoms with E-state index in [0.717, 1.165) is 37.1 Å². The van der Waals surface area contributed by atoms with E-state index in [4.69, 9.17) is 4.74 Å². The lowest BCUT2D eigenvalue weighted by Gasteiger charge is -2.46. The van der Waals surface area contributed by atoms with Crippen molar-refractivity contribution >= 4 is 15.7 Å². The van der Waals surface area contributed by atoms with Crippen LogP contribution in [0.5, 0.6) is 0 Å². The first-order valence-corrected chi connectivity index (χ1v) is 13.8. The molecule has 1 saturated heterocycles. The summed E-state index contributed by atoms with van der Waals surface area (Å²) in [5, 5.41) is 2.77.